The van der Waals surface area contributed by atoms with Crippen LogP contribution in [0.2, 0.25) is 0 Å². The molecule has 2 aromatic carbocycles. The molecule has 5 rings (SSSR count). The van der Waals surface area contributed by atoms with E-state index in [9.17, 15) is 0 Å². The molecule has 1 nitrogen and oxygen atoms in total. The molecule has 1 aromatic heterocycles. The molecule has 1 heterocycles. The Morgan fingerprint density at radius 2 is 1.72 bits per heavy atom. The number of hydrogen-bond donors (Lipinski definition) is 0. The highest BCUT2D eigenvalue weighted by Gasteiger charge is 2.37. The molecule has 0 radical (unpaired) electrons. The van der Waals surface area contributed by atoms with Gasteiger partial charge < -0.3 is 0 Å². The fourth-order valence-corrected chi connectivity index (χ4v) is 5.18. The Morgan fingerprint density at radius 1 is 1.00 bits per heavy atom. The van der Waals surface area contributed by atoms with E-state index in [1.165, 1.54) is 47.0 Å². The first-order valence-electron chi connectivity index (χ1n) is 10.00. The van der Waals surface area contributed by atoms with E-state index in [4.69, 9.17) is 1.37 Å². The molecule has 2 aliphatic carbocycles. The Bertz CT molecular complexity index is 1080. The zero-order valence-electron chi connectivity index (χ0n) is 16.6. The van der Waals surface area contributed by atoms with Crippen molar-refractivity contribution in [3.05, 3.63) is 64.3 Å². The van der Waals surface area contributed by atoms with Crippen molar-refractivity contribution in [3.8, 4) is 11.3 Å². The first kappa shape index (κ1) is 14.1. The number of pyridine rings is 1. The van der Waals surface area contributed by atoms with Crippen LogP contribution in [0, 0.1) is 20.8 Å². The van der Waals surface area contributed by atoms with Crippen molar-refractivity contribution in [2.45, 2.75) is 51.9 Å². The van der Waals surface area contributed by atoms with Gasteiger partial charge in [-0.2, -0.15) is 4.57 Å². The molecular weight excluding hydrogens is 302 g/mol. The monoisotopic (exact) mass is 329 g/mol. The van der Waals surface area contributed by atoms with Gasteiger partial charge in [-0.3, -0.25) is 0 Å². The average molecular weight is 329 g/mol. The lowest BCUT2D eigenvalue weighted by atomic mass is 9.87. The summed E-state index contributed by atoms with van der Waals surface area (Å²) >= 11 is 0. The van der Waals surface area contributed by atoms with Gasteiger partial charge in [-0.1, -0.05) is 23.8 Å². The van der Waals surface area contributed by atoms with Crippen molar-refractivity contribution in [2.75, 3.05) is 0 Å². The van der Waals surface area contributed by atoms with E-state index in [0.29, 0.717) is 6.04 Å². The summed E-state index contributed by atoms with van der Waals surface area (Å²) < 4.78 is 10.8. The Labute approximate surface area is 151 Å². The van der Waals surface area contributed by atoms with Crippen molar-refractivity contribution in [1.82, 2.24) is 0 Å². The van der Waals surface area contributed by atoms with E-state index in [2.05, 4.69) is 62.7 Å². The molecule has 0 spiro atoms. The minimum absolute atomic E-state index is 0.646. The number of aromatic nitrogens is 1. The fourth-order valence-electron chi connectivity index (χ4n) is 5.18. The second-order valence-corrected chi connectivity index (χ2v) is 8.17. The quantitative estimate of drug-likeness (QED) is 0.510. The van der Waals surface area contributed by atoms with Gasteiger partial charge in [0.15, 0.2) is 5.69 Å². The largest absolute Gasteiger partial charge is 0.220 e. The third-order valence-electron chi connectivity index (χ3n) is 6.58. The number of nitrogens with zero attached hydrogens (tertiary/aromatic N) is 1. The molecule has 25 heavy (non-hydrogen) atoms. The lowest BCUT2D eigenvalue weighted by Gasteiger charge is -2.18. The summed E-state index contributed by atoms with van der Waals surface area (Å²) in [5, 5.41) is 2.26. The fraction of sp³-hybridized carbons (Fsp3) is 0.375. The van der Waals surface area contributed by atoms with Gasteiger partial charge in [-0.15, -0.1) is 0 Å². The maximum Gasteiger partial charge on any atom is 0.220 e. The normalized spacial score (nSPS) is 21.7. The van der Waals surface area contributed by atoms with E-state index in [-0.39, 0.29) is 0 Å². The van der Waals surface area contributed by atoms with Gasteiger partial charge in [0.2, 0.25) is 5.69 Å². The van der Waals surface area contributed by atoms with Crippen LogP contribution in [0.4, 0.5) is 0 Å². The van der Waals surface area contributed by atoms with Crippen molar-refractivity contribution >= 4 is 10.8 Å². The molecule has 2 aliphatic rings. The summed E-state index contributed by atoms with van der Waals surface area (Å²) in [5.74, 6) is 1.57. The minimum Gasteiger partial charge on any atom is -0.198 e. The standard InChI is InChI=1S/C24H26N/c1-14-5-8-20-19(9-14)11-16(3)25(4)24(20)21-13-23-18-7-6-17(12-18)22(23)10-15(21)2/h5,8-11,13,17-18H,6-7,12H2,1-4H3/q+1/i11D. The van der Waals surface area contributed by atoms with Crippen LogP contribution in [-0.2, 0) is 7.05 Å². The second kappa shape index (κ2) is 5.17. The molecule has 126 valence electrons. The summed E-state index contributed by atoms with van der Waals surface area (Å²) in [4.78, 5) is 0. The van der Waals surface area contributed by atoms with Gasteiger partial charge in [-0.25, -0.2) is 0 Å². The lowest BCUT2D eigenvalue weighted by Crippen LogP contribution is -2.35. The maximum atomic E-state index is 8.61. The summed E-state index contributed by atoms with van der Waals surface area (Å²) in [6.45, 7) is 6.43. The summed E-state index contributed by atoms with van der Waals surface area (Å²) in [7, 11) is 2.11. The molecule has 0 saturated heterocycles. The molecule has 2 bridgehead atoms. The molecule has 1 heteroatoms. The van der Waals surface area contributed by atoms with E-state index in [1.54, 1.807) is 11.1 Å². The molecule has 1 fully saturated rings. The molecule has 2 atom stereocenters. The zero-order chi connectivity index (χ0) is 18.2. The molecule has 1 saturated carbocycles. The number of fused-ring (bicyclic) bond motifs is 6. The molecule has 0 N–H and O–H groups in total. The predicted molar refractivity (Wildman–Crippen MR) is 104 cm³/mol. The third kappa shape index (κ3) is 2.11. The van der Waals surface area contributed by atoms with Crippen LogP contribution in [-0.4, -0.2) is 0 Å². The number of aryl methyl sites for hydroxylation is 2. The summed E-state index contributed by atoms with van der Waals surface area (Å²) in [6, 6.07) is 12.1. The topological polar surface area (TPSA) is 3.88 Å². The van der Waals surface area contributed by atoms with Gasteiger partial charge >= 0.3 is 0 Å². The molecule has 0 aliphatic heterocycles. The minimum atomic E-state index is 0.646. The van der Waals surface area contributed by atoms with Crippen LogP contribution in [0.1, 0.15) is 60.4 Å². The van der Waals surface area contributed by atoms with E-state index in [1.807, 2.05) is 0 Å². The zero-order valence-corrected chi connectivity index (χ0v) is 15.6. The number of benzene rings is 2. The summed E-state index contributed by atoms with van der Waals surface area (Å²) in [6.07, 6.45) is 4.09. The number of rotatable bonds is 1. The molecular formula is C24H26N+. The van der Waals surface area contributed by atoms with Crippen LogP contribution in [0.5, 0.6) is 0 Å². The first-order chi connectivity index (χ1) is 12.5. The van der Waals surface area contributed by atoms with Gasteiger partial charge in [0, 0.05) is 13.0 Å². The first-order valence-corrected chi connectivity index (χ1v) is 9.50. The van der Waals surface area contributed by atoms with Crippen LogP contribution < -0.4 is 4.57 Å². The van der Waals surface area contributed by atoms with Crippen LogP contribution in [0.15, 0.2) is 36.4 Å². The van der Waals surface area contributed by atoms with Crippen LogP contribution in [0.3, 0.4) is 0 Å². The summed E-state index contributed by atoms with van der Waals surface area (Å²) in [5.41, 5.74) is 9.42. The smallest absolute Gasteiger partial charge is 0.198 e. The van der Waals surface area contributed by atoms with Crippen molar-refractivity contribution < 1.29 is 5.94 Å². The lowest BCUT2D eigenvalue weighted by molar-refractivity contribution is -0.665. The Morgan fingerprint density at radius 3 is 2.48 bits per heavy atom. The molecule has 3 aromatic rings. The van der Waals surface area contributed by atoms with Crippen LogP contribution >= 0.6 is 0 Å². The second-order valence-electron chi connectivity index (χ2n) is 8.17. The van der Waals surface area contributed by atoms with Gasteiger partial charge in [0.1, 0.15) is 7.05 Å². The van der Waals surface area contributed by atoms with Gasteiger partial charge in [-0.05, 0) is 79.2 Å². The van der Waals surface area contributed by atoms with E-state index >= 15 is 0 Å². The van der Waals surface area contributed by atoms with Gasteiger partial charge in [0.05, 0.1) is 12.3 Å². The average Bonchev–Trinajstić information content (AvgIpc) is 3.23. The highest BCUT2D eigenvalue weighted by atomic mass is 14.9. The number of hydrogen-bond acceptors (Lipinski definition) is 0. The molecule has 0 amide bonds. The SMILES string of the molecule is [2H]c1c(C)[n+](C)c(-c2cc3c(cc2C)C2CCC3C2)c2ccc(C)cc12. The Kier molecular flexibility index (Phi) is 2.91. The third-order valence-corrected chi connectivity index (χ3v) is 6.58. The Hall–Kier alpha value is -2.15. The maximum absolute atomic E-state index is 8.61. The van der Waals surface area contributed by atoms with E-state index < -0.39 is 0 Å². The van der Waals surface area contributed by atoms with Crippen LogP contribution in [0.25, 0.3) is 22.0 Å². The van der Waals surface area contributed by atoms with E-state index in [0.717, 1.165) is 22.9 Å². The van der Waals surface area contributed by atoms with Crippen molar-refractivity contribution in [1.29, 1.82) is 0 Å². The van der Waals surface area contributed by atoms with Crippen molar-refractivity contribution in [3.63, 3.8) is 0 Å². The Balaban J connectivity index is 1.85. The predicted octanol–water partition coefficient (Wildman–Crippen LogP) is 5.62. The van der Waals surface area contributed by atoms with Gasteiger partial charge in [0.25, 0.3) is 0 Å². The molecule has 2 unspecified atom stereocenters. The van der Waals surface area contributed by atoms with Crippen molar-refractivity contribution in [2.24, 2.45) is 7.05 Å². The highest BCUT2D eigenvalue weighted by Crippen LogP contribution is 2.54. The highest BCUT2D eigenvalue weighted by molar-refractivity contribution is 5.94.